The van der Waals surface area contributed by atoms with E-state index in [1.165, 1.54) is 4.90 Å². The van der Waals surface area contributed by atoms with Crippen LogP contribution in [0.15, 0.2) is 0 Å². The third-order valence-electron chi connectivity index (χ3n) is 2.66. The lowest BCUT2D eigenvalue weighted by molar-refractivity contribution is -0.151. The first-order valence-electron chi connectivity index (χ1n) is 5.14. The lowest BCUT2D eigenvalue weighted by atomic mass is 10.1. The average molecular weight is 231 g/mol. The van der Waals surface area contributed by atoms with E-state index >= 15 is 0 Å². The summed E-state index contributed by atoms with van der Waals surface area (Å²) in [6, 6.07) is -0.599. The van der Waals surface area contributed by atoms with Gasteiger partial charge in [-0.25, -0.2) is 4.79 Å². The zero-order chi connectivity index (χ0) is 11.6. The van der Waals surface area contributed by atoms with Crippen molar-refractivity contribution in [3.63, 3.8) is 0 Å². The molecule has 1 fully saturated rings. The van der Waals surface area contributed by atoms with E-state index in [9.17, 15) is 9.59 Å². The highest BCUT2D eigenvalue weighted by atomic mass is 32.1. The Morgan fingerprint density at radius 3 is 2.33 bits per heavy atom. The minimum atomic E-state index is -0.943. The molecule has 0 aromatic rings. The molecule has 0 aromatic carbocycles. The summed E-state index contributed by atoms with van der Waals surface area (Å²) in [5.41, 5.74) is 0. The van der Waals surface area contributed by atoms with Crippen molar-refractivity contribution in [2.24, 2.45) is 5.92 Å². The largest absolute Gasteiger partial charge is 0.480 e. The number of nitrogens with zero attached hydrogens (tertiary/aromatic N) is 1. The predicted octanol–water partition coefficient (Wildman–Crippen LogP) is 1.02. The molecule has 2 atom stereocenters. The van der Waals surface area contributed by atoms with Crippen molar-refractivity contribution in [2.45, 2.75) is 38.8 Å². The van der Waals surface area contributed by atoms with Crippen LogP contribution in [0.25, 0.3) is 0 Å². The molecule has 0 heterocycles. The number of carbonyl (C=O) groups excluding carboxylic acids is 1. The van der Waals surface area contributed by atoms with Crippen molar-refractivity contribution in [1.29, 1.82) is 0 Å². The maximum absolute atomic E-state index is 11.9. The molecule has 0 saturated heterocycles. The molecule has 1 amide bonds. The van der Waals surface area contributed by atoms with Crippen molar-refractivity contribution in [1.82, 2.24) is 4.90 Å². The summed E-state index contributed by atoms with van der Waals surface area (Å²) in [5, 5.41) is 8.92. The van der Waals surface area contributed by atoms with Gasteiger partial charge in [-0.2, -0.15) is 12.6 Å². The van der Waals surface area contributed by atoms with E-state index in [1.54, 1.807) is 13.8 Å². The average Bonchev–Trinajstić information content (AvgIpc) is 3.00. The quantitative estimate of drug-likeness (QED) is 0.694. The zero-order valence-electron chi connectivity index (χ0n) is 9.01. The molecule has 0 aromatic heterocycles. The van der Waals surface area contributed by atoms with Gasteiger partial charge in [0.25, 0.3) is 0 Å². The second-order valence-corrected chi connectivity index (χ2v) is 4.44. The normalized spacial score (nSPS) is 19.4. The molecule has 1 rings (SSSR count). The standard InChI is InChI=1S/C10H17NO3S/c1-6(5-15)9(12)11(8-3-4-8)7(2)10(13)14/h6-8,15H,3-5H2,1-2H3,(H,13,14). The fourth-order valence-corrected chi connectivity index (χ4v) is 1.65. The molecule has 1 aliphatic rings. The van der Waals surface area contributed by atoms with Gasteiger partial charge in [0, 0.05) is 17.7 Å². The van der Waals surface area contributed by atoms with Crippen LogP contribution in [0, 0.1) is 5.92 Å². The predicted molar refractivity (Wildman–Crippen MR) is 60.0 cm³/mol. The van der Waals surface area contributed by atoms with E-state index in [2.05, 4.69) is 12.6 Å². The number of aliphatic carboxylic acids is 1. The molecular formula is C10H17NO3S. The number of thiol groups is 1. The number of hydrogen-bond donors (Lipinski definition) is 2. The van der Waals surface area contributed by atoms with E-state index in [0.717, 1.165) is 12.8 Å². The maximum Gasteiger partial charge on any atom is 0.326 e. The zero-order valence-corrected chi connectivity index (χ0v) is 9.91. The molecule has 0 bridgehead atoms. The van der Waals surface area contributed by atoms with Gasteiger partial charge in [0.2, 0.25) is 5.91 Å². The van der Waals surface area contributed by atoms with Crippen molar-refractivity contribution < 1.29 is 14.7 Å². The van der Waals surface area contributed by atoms with Crippen LogP contribution in [0.1, 0.15) is 26.7 Å². The van der Waals surface area contributed by atoms with Crippen LogP contribution >= 0.6 is 12.6 Å². The number of carboxylic acid groups (broad SMARTS) is 1. The van der Waals surface area contributed by atoms with Crippen molar-refractivity contribution >= 4 is 24.5 Å². The number of amides is 1. The lowest BCUT2D eigenvalue weighted by Gasteiger charge is -2.28. The first kappa shape index (κ1) is 12.4. The van der Waals surface area contributed by atoms with Crippen molar-refractivity contribution in [3.8, 4) is 0 Å². The number of rotatable bonds is 5. The van der Waals surface area contributed by atoms with E-state index in [1.807, 2.05) is 0 Å². The highest BCUT2D eigenvalue weighted by molar-refractivity contribution is 7.80. The SMILES string of the molecule is CC(CS)C(=O)N(C1CC1)C(C)C(=O)O. The van der Waals surface area contributed by atoms with Gasteiger partial charge in [-0.1, -0.05) is 6.92 Å². The molecule has 86 valence electrons. The molecule has 0 spiro atoms. The van der Waals surface area contributed by atoms with Gasteiger partial charge in [-0.05, 0) is 19.8 Å². The smallest absolute Gasteiger partial charge is 0.326 e. The second-order valence-electron chi connectivity index (χ2n) is 4.07. The van der Waals surface area contributed by atoms with E-state index in [-0.39, 0.29) is 17.9 Å². The van der Waals surface area contributed by atoms with Gasteiger partial charge in [0.1, 0.15) is 6.04 Å². The molecule has 1 saturated carbocycles. The van der Waals surface area contributed by atoms with Gasteiger partial charge in [0.05, 0.1) is 0 Å². The van der Waals surface area contributed by atoms with Gasteiger partial charge >= 0.3 is 5.97 Å². The molecule has 2 unspecified atom stereocenters. The topological polar surface area (TPSA) is 57.6 Å². The van der Waals surface area contributed by atoms with Crippen LogP contribution in [-0.4, -0.2) is 39.7 Å². The number of carboxylic acids is 1. The molecule has 5 heteroatoms. The van der Waals surface area contributed by atoms with Crippen molar-refractivity contribution in [2.75, 3.05) is 5.75 Å². The van der Waals surface area contributed by atoms with Gasteiger partial charge in [-0.3, -0.25) is 4.79 Å². The van der Waals surface area contributed by atoms with Gasteiger partial charge in [-0.15, -0.1) is 0 Å². The molecule has 0 aliphatic heterocycles. The van der Waals surface area contributed by atoms with Crippen LogP contribution < -0.4 is 0 Å². The summed E-state index contributed by atoms with van der Waals surface area (Å²) in [6.45, 7) is 3.34. The van der Waals surface area contributed by atoms with Crippen LogP contribution in [0.5, 0.6) is 0 Å². The lowest BCUT2D eigenvalue weighted by Crippen LogP contribution is -2.47. The first-order valence-corrected chi connectivity index (χ1v) is 5.78. The monoisotopic (exact) mass is 231 g/mol. The third kappa shape index (κ3) is 2.87. The second kappa shape index (κ2) is 4.88. The van der Waals surface area contributed by atoms with E-state index < -0.39 is 12.0 Å². The fraction of sp³-hybridized carbons (Fsp3) is 0.800. The summed E-state index contributed by atoms with van der Waals surface area (Å²) >= 11 is 4.06. The summed E-state index contributed by atoms with van der Waals surface area (Å²) in [4.78, 5) is 24.3. The molecular weight excluding hydrogens is 214 g/mol. The van der Waals surface area contributed by atoms with Gasteiger partial charge < -0.3 is 10.0 Å². The first-order chi connectivity index (χ1) is 6.99. The van der Waals surface area contributed by atoms with Crippen LogP contribution in [0.2, 0.25) is 0 Å². The highest BCUT2D eigenvalue weighted by Gasteiger charge is 2.39. The van der Waals surface area contributed by atoms with Crippen LogP contribution in [0.3, 0.4) is 0 Å². The van der Waals surface area contributed by atoms with Crippen LogP contribution in [-0.2, 0) is 9.59 Å². The summed E-state index contributed by atoms with van der Waals surface area (Å²) in [6.07, 6.45) is 1.84. The minimum Gasteiger partial charge on any atom is -0.480 e. The van der Waals surface area contributed by atoms with Crippen molar-refractivity contribution in [3.05, 3.63) is 0 Å². The number of carbonyl (C=O) groups is 2. The summed E-state index contributed by atoms with van der Waals surface area (Å²) in [5.74, 6) is -0.797. The third-order valence-corrected chi connectivity index (χ3v) is 3.21. The molecule has 4 nitrogen and oxygen atoms in total. The molecule has 0 radical (unpaired) electrons. The van der Waals surface area contributed by atoms with E-state index in [4.69, 9.17) is 5.11 Å². The maximum atomic E-state index is 11.9. The fourth-order valence-electron chi connectivity index (χ4n) is 1.49. The minimum absolute atomic E-state index is 0.0950. The van der Waals surface area contributed by atoms with Crippen LogP contribution in [0.4, 0.5) is 0 Å². The molecule has 1 aliphatic carbocycles. The Hall–Kier alpha value is -0.710. The Kier molecular flexibility index (Phi) is 4.02. The highest BCUT2D eigenvalue weighted by Crippen LogP contribution is 2.30. The molecule has 1 N–H and O–H groups in total. The Bertz CT molecular complexity index is 265. The number of hydrogen-bond acceptors (Lipinski definition) is 3. The molecule has 15 heavy (non-hydrogen) atoms. The Morgan fingerprint density at radius 2 is 2.00 bits per heavy atom. The summed E-state index contributed by atoms with van der Waals surface area (Å²) < 4.78 is 0. The van der Waals surface area contributed by atoms with E-state index in [0.29, 0.717) is 5.75 Å². The Labute approximate surface area is 95.1 Å². The van der Waals surface area contributed by atoms with Gasteiger partial charge in [0.15, 0.2) is 0 Å². The Balaban J connectivity index is 2.73. The summed E-state index contributed by atoms with van der Waals surface area (Å²) in [7, 11) is 0. The Morgan fingerprint density at radius 1 is 1.47 bits per heavy atom.